The largest absolute Gasteiger partial charge is 0.378 e. The molecule has 2 saturated heterocycles. The van der Waals surface area contributed by atoms with Gasteiger partial charge in [-0.3, -0.25) is 9.59 Å². The topological polar surface area (TPSA) is 110 Å². The molecule has 1 unspecified atom stereocenters. The molecule has 0 aromatic heterocycles. The van der Waals surface area contributed by atoms with Crippen LogP contribution in [0.4, 0.5) is 0 Å². The van der Waals surface area contributed by atoms with E-state index in [9.17, 15) is 18.0 Å². The number of hydrogen-bond donors (Lipinski definition) is 1. The number of rotatable bonds is 4. The fourth-order valence-corrected chi connectivity index (χ4v) is 4.85. The number of amides is 2. The number of morpholine rings is 1. The molecule has 0 spiro atoms. The van der Waals surface area contributed by atoms with Crippen LogP contribution in [0.2, 0.25) is 0 Å². The van der Waals surface area contributed by atoms with Crippen LogP contribution in [0.3, 0.4) is 0 Å². The predicted octanol–water partition coefficient (Wildman–Crippen LogP) is -0.203. The second kappa shape index (κ2) is 7.11. The van der Waals surface area contributed by atoms with E-state index < -0.39 is 22.0 Å². The van der Waals surface area contributed by atoms with Gasteiger partial charge in [0.1, 0.15) is 6.04 Å². The SMILES string of the molecule is NC(=O)c1ccc(S(=O)(=O)N2CCCC2C(=O)N2CCOCC2)cc1. The summed E-state index contributed by atoms with van der Waals surface area (Å²) in [6.07, 6.45) is 1.15. The van der Waals surface area contributed by atoms with Crippen LogP contribution in [0.5, 0.6) is 0 Å². The van der Waals surface area contributed by atoms with Gasteiger partial charge in [0.05, 0.1) is 18.1 Å². The van der Waals surface area contributed by atoms with Crippen molar-refractivity contribution >= 4 is 21.8 Å². The number of hydrogen-bond acceptors (Lipinski definition) is 5. The minimum atomic E-state index is -3.81. The zero-order chi connectivity index (χ0) is 18.0. The molecule has 2 aliphatic rings. The van der Waals surface area contributed by atoms with Gasteiger partial charge in [-0.15, -0.1) is 0 Å². The number of primary amides is 1. The molecule has 9 heteroatoms. The molecule has 3 rings (SSSR count). The molecule has 2 amide bonds. The highest BCUT2D eigenvalue weighted by molar-refractivity contribution is 7.89. The Hall–Kier alpha value is -1.97. The van der Waals surface area contributed by atoms with Crippen LogP contribution in [0.15, 0.2) is 29.2 Å². The van der Waals surface area contributed by atoms with Crippen LogP contribution in [0, 0.1) is 0 Å². The molecule has 8 nitrogen and oxygen atoms in total. The molecule has 2 heterocycles. The van der Waals surface area contributed by atoms with Crippen molar-refractivity contribution < 1.29 is 22.7 Å². The van der Waals surface area contributed by atoms with Crippen molar-refractivity contribution in [1.29, 1.82) is 0 Å². The first-order valence-electron chi connectivity index (χ1n) is 8.19. The molecule has 0 radical (unpaired) electrons. The second-order valence-electron chi connectivity index (χ2n) is 6.10. The molecule has 136 valence electrons. The van der Waals surface area contributed by atoms with Gasteiger partial charge in [0, 0.05) is 25.2 Å². The fraction of sp³-hybridized carbons (Fsp3) is 0.500. The molecule has 0 aliphatic carbocycles. The van der Waals surface area contributed by atoms with Gasteiger partial charge >= 0.3 is 0 Å². The van der Waals surface area contributed by atoms with Crippen LogP contribution >= 0.6 is 0 Å². The first-order chi connectivity index (χ1) is 11.9. The highest BCUT2D eigenvalue weighted by Crippen LogP contribution is 2.27. The van der Waals surface area contributed by atoms with E-state index in [0.29, 0.717) is 45.7 Å². The van der Waals surface area contributed by atoms with Crippen LogP contribution in [0.25, 0.3) is 0 Å². The van der Waals surface area contributed by atoms with Gasteiger partial charge in [-0.25, -0.2) is 8.42 Å². The van der Waals surface area contributed by atoms with Gasteiger partial charge in [0.15, 0.2) is 0 Å². The number of carbonyl (C=O) groups excluding carboxylic acids is 2. The average Bonchev–Trinajstić information content (AvgIpc) is 3.12. The fourth-order valence-electron chi connectivity index (χ4n) is 3.20. The van der Waals surface area contributed by atoms with Gasteiger partial charge in [-0.05, 0) is 37.1 Å². The van der Waals surface area contributed by atoms with Crippen molar-refractivity contribution in [3.63, 3.8) is 0 Å². The van der Waals surface area contributed by atoms with E-state index in [1.807, 2.05) is 0 Å². The van der Waals surface area contributed by atoms with Gasteiger partial charge in [0.25, 0.3) is 0 Å². The van der Waals surface area contributed by atoms with E-state index in [-0.39, 0.29) is 16.4 Å². The quantitative estimate of drug-likeness (QED) is 0.792. The van der Waals surface area contributed by atoms with Crippen LogP contribution in [-0.2, 0) is 19.6 Å². The standard InChI is InChI=1S/C16H21N3O5S/c17-15(20)12-3-5-13(6-4-12)25(22,23)19-7-1-2-14(19)16(21)18-8-10-24-11-9-18/h3-6,14H,1-2,7-11H2,(H2,17,20). The monoisotopic (exact) mass is 367 g/mol. The minimum absolute atomic E-state index is 0.0548. The summed E-state index contributed by atoms with van der Waals surface area (Å²) in [6.45, 7) is 2.22. The van der Waals surface area contributed by atoms with Crippen molar-refractivity contribution in [2.24, 2.45) is 5.73 Å². The van der Waals surface area contributed by atoms with E-state index in [0.717, 1.165) is 0 Å². The van der Waals surface area contributed by atoms with E-state index in [4.69, 9.17) is 10.5 Å². The van der Waals surface area contributed by atoms with Crippen LogP contribution in [-0.4, -0.2) is 68.3 Å². The normalized spacial score (nSPS) is 22.1. The maximum absolute atomic E-state index is 12.9. The smallest absolute Gasteiger partial charge is 0.248 e. The molecular formula is C16H21N3O5S. The Labute approximate surface area is 146 Å². The number of benzene rings is 1. The van der Waals surface area contributed by atoms with Crippen molar-refractivity contribution in [2.45, 2.75) is 23.8 Å². The molecule has 2 N–H and O–H groups in total. The molecule has 2 fully saturated rings. The first-order valence-corrected chi connectivity index (χ1v) is 9.63. The van der Waals surface area contributed by atoms with Crippen molar-refractivity contribution in [3.05, 3.63) is 29.8 Å². The lowest BCUT2D eigenvalue weighted by atomic mass is 10.2. The maximum Gasteiger partial charge on any atom is 0.248 e. The lowest BCUT2D eigenvalue weighted by molar-refractivity contribution is -0.138. The van der Waals surface area contributed by atoms with Gasteiger partial charge in [-0.1, -0.05) is 0 Å². The molecule has 1 atom stereocenters. The molecule has 25 heavy (non-hydrogen) atoms. The van der Waals surface area contributed by atoms with Gasteiger partial charge < -0.3 is 15.4 Å². The maximum atomic E-state index is 12.9. The summed E-state index contributed by atoms with van der Waals surface area (Å²) in [5, 5.41) is 0. The summed E-state index contributed by atoms with van der Waals surface area (Å²) in [4.78, 5) is 25.6. The first kappa shape index (κ1) is 17.8. The van der Waals surface area contributed by atoms with E-state index in [1.54, 1.807) is 4.90 Å². The summed E-state index contributed by atoms with van der Waals surface area (Å²) in [5.74, 6) is -0.788. The Morgan fingerprint density at radius 3 is 2.32 bits per heavy atom. The lowest BCUT2D eigenvalue weighted by Crippen LogP contribution is -2.50. The third kappa shape index (κ3) is 3.53. The van der Waals surface area contributed by atoms with Crippen LogP contribution in [0.1, 0.15) is 23.2 Å². The zero-order valence-corrected chi connectivity index (χ0v) is 14.6. The molecule has 0 bridgehead atoms. The molecule has 2 aliphatic heterocycles. The van der Waals surface area contributed by atoms with Crippen molar-refractivity contribution in [3.8, 4) is 0 Å². The Kier molecular flexibility index (Phi) is 5.07. The Bertz CT molecular complexity index is 756. The van der Waals surface area contributed by atoms with Crippen molar-refractivity contribution in [1.82, 2.24) is 9.21 Å². The van der Waals surface area contributed by atoms with E-state index in [2.05, 4.69) is 0 Å². The van der Waals surface area contributed by atoms with E-state index >= 15 is 0 Å². The lowest BCUT2D eigenvalue weighted by Gasteiger charge is -2.32. The molecule has 1 aromatic rings. The summed E-state index contributed by atoms with van der Waals surface area (Å²) in [5.41, 5.74) is 5.42. The molecular weight excluding hydrogens is 346 g/mol. The average molecular weight is 367 g/mol. The summed E-state index contributed by atoms with van der Waals surface area (Å²) < 4.78 is 32.4. The highest BCUT2D eigenvalue weighted by atomic mass is 32.2. The number of carbonyl (C=O) groups is 2. The second-order valence-corrected chi connectivity index (χ2v) is 7.99. The third-order valence-electron chi connectivity index (χ3n) is 4.56. The Balaban J connectivity index is 1.82. The van der Waals surface area contributed by atoms with Gasteiger partial charge in [-0.2, -0.15) is 4.31 Å². The number of nitrogens with two attached hydrogens (primary N) is 1. The van der Waals surface area contributed by atoms with E-state index in [1.165, 1.54) is 28.6 Å². The Morgan fingerprint density at radius 2 is 1.72 bits per heavy atom. The summed E-state index contributed by atoms with van der Waals surface area (Å²) in [7, 11) is -3.81. The molecule has 1 aromatic carbocycles. The third-order valence-corrected chi connectivity index (χ3v) is 6.48. The highest BCUT2D eigenvalue weighted by Gasteiger charge is 2.41. The Morgan fingerprint density at radius 1 is 1.08 bits per heavy atom. The molecule has 0 saturated carbocycles. The number of sulfonamides is 1. The number of nitrogens with zero attached hydrogens (tertiary/aromatic N) is 2. The minimum Gasteiger partial charge on any atom is -0.378 e. The van der Waals surface area contributed by atoms with Crippen LogP contribution < -0.4 is 5.73 Å². The van der Waals surface area contributed by atoms with Crippen molar-refractivity contribution in [2.75, 3.05) is 32.8 Å². The predicted molar refractivity (Wildman–Crippen MR) is 89.3 cm³/mol. The van der Waals surface area contributed by atoms with Gasteiger partial charge in [0.2, 0.25) is 21.8 Å². The summed E-state index contributed by atoms with van der Waals surface area (Å²) in [6, 6.07) is 4.78. The number of ether oxygens (including phenoxy) is 1. The zero-order valence-electron chi connectivity index (χ0n) is 13.8. The summed E-state index contributed by atoms with van der Waals surface area (Å²) >= 11 is 0.